The minimum Gasteiger partial charge on any atom is -0.384 e. The zero-order valence-corrected chi connectivity index (χ0v) is 20.5. The van der Waals surface area contributed by atoms with E-state index >= 15 is 0 Å². The minimum atomic E-state index is -0.985. The predicted molar refractivity (Wildman–Crippen MR) is 131 cm³/mol. The number of piperidine rings is 1. The molecule has 1 amide bonds. The van der Waals surface area contributed by atoms with Crippen LogP contribution in [0.15, 0.2) is 41.4 Å². The molecule has 0 radical (unpaired) electrons. The summed E-state index contributed by atoms with van der Waals surface area (Å²) >= 11 is 3.62. The molecule has 0 bridgehead atoms. The molecule has 0 aliphatic carbocycles. The van der Waals surface area contributed by atoms with Gasteiger partial charge in [-0.15, -0.1) is 0 Å². The average Bonchev–Trinajstić information content (AvgIpc) is 3.47. The largest absolute Gasteiger partial charge is 0.384 e. The van der Waals surface area contributed by atoms with Crippen LogP contribution in [0.1, 0.15) is 31.4 Å². The molecule has 10 nitrogen and oxygen atoms in total. The summed E-state index contributed by atoms with van der Waals surface area (Å²) in [5.74, 6) is 0.378. The van der Waals surface area contributed by atoms with Crippen LogP contribution in [0, 0.1) is 0 Å². The Labute approximate surface area is 204 Å². The number of aryl methyl sites for hydroxylation is 1. The van der Waals surface area contributed by atoms with Gasteiger partial charge >= 0.3 is 0 Å². The normalized spacial score (nSPS) is 15.7. The van der Waals surface area contributed by atoms with Gasteiger partial charge in [-0.25, -0.2) is 4.98 Å². The fraction of sp³-hybridized carbons (Fsp3) is 0.348. The van der Waals surface area contributed by atoms with E-state index in [0.717, 1.165) is 45.4 Å². The molecule has 3 N–H and O–H groups in total. The number of fused-ring (bicyclic) bond motifs is 1. The number of amides is 1. The summed E-state index contributed by atoms with van der Waals surface area (Å²) in [5, 5.41) is 18.3. The Bertz CT molecular complexity index is 1350. The highest BCUT2D eigenvalue weighted by Gasteiger charge is 2.29. The number of aliphatic hydroxyl groups is 1. The molecule has 1 unspecified atom stereocenters. The maximum atomic E-state index is 12.1. The molecule has 1 fully saturated rings. The monoisotopic (exact) mass is 524 g/mol. The SMILES string of the molecule is CC(O)C(=O)N1CCC(c2nc3c(-c4ccc(-c5cnn(C)c5)nc4)cnn3c(N)c2Br)CC1. The Morgan fingerprint density at radius 3 is 2.56 bits per heavy atom. The van der Waals surface area contributed by atoms with Crippen molar-refractivity contribution in [3.8, 4) is 22.4 Å². The number of carbonyl (C=O) groups excluding carboxylic acids is 1. The number of carbonyl (C=O) groups is 1. The van der Waals surface area contributed by atoms with Gasteiger partial charge in [0.2, 0.25) is 0 Å². The molecule has 1 aliphatic heterocycles. The average molecular weight is 525 g/mol. The molecule has 0 aromatic carbocycles. The number of rotatable bonds is 4. The predicted octanol–water partition coefficient (Wildman–Crippen LogP) is 2.62. The Morgan fingerprint density at radius 2 is 1.94 bits per heavy atom. The van der Waals surface area contributed by atoms with Crippen molar-refractivity contribution in [2.24, 2.45) is 7.05 Å². The van der Waals surface area contributed by atoms with Gasteiger partial charge in [-0.1, -0.05) is 6.07 Å². The maximum Gasteiger partial charge on any atom is 0.251 e. The van der Waals surface area contributed by atoms with Crippen LogP contribution in [-0.4, -0.2) is 64.5 Å². The van der Waals surface area contributed by atoms with Gasteiger partial charge in [-0.05, 0) is 41.8 Å². The van der Waals surface area contributed by atoms with Crippen molar-refractivity contribution in [1.29, 1.82) is 0 Å². The molecular formula is C23H25BrN8O2. The van der Waals surface area contributed by atoms with E-state index in [0.29, 0.717) is 24.6 Å². The molecule has 11 heteroatoms. The van der Waals surface area contributed by atoms with Crippen molar-refractivity contribution in [3.63, 3.8) is 0 Å². The summed E-state index contributed by atoms with van der Waals surface area (Å²) in [4.78, 5) is 23.4. The van der Waals surface area contributed by atoms with E-state index in [1.54, 1.807) is 32.7 Å². The van der Waals surface area contributed by atoms with E-state index in [1.165, 1.54) is 6.92 Å². The van der Waals surface area contributed by atoms with Gasteiger partial charge in [0, 0.05) is 55.1 Å². The minimum absolute atomic E-state index is 0.133. The molecule has 4 aromatic heterocycles. The third kappa shape index (κ3) is 3.94. The smallest absolute Gasteiger partial charge is 0.251 e. The van der Waals surface area contributed by atoms with E-state index in [9.17, 15) is 9.90 Å². The maximum absolute atomic E-state index is 12.1. The zero-order chi connectivity index (χ0) is 24.0. The molecule has 0 spiro atoms. The van der Waals surface area contributed by atoms with Gasteiger partial charge in [-0.3, -0.25) is 14.5 Å². The van der Waals surface area contributed by atoms with Crippen molar-refractivity contribution in [1.82, 2.24) is 34.3 Å². The van der Waals surface area contributed by atoms with Crippen molar-refractivity contribution in [2.75, 3.05) is 18.8 Å². The van der Waals surface area contributed by atoms with Gasteiger partial charge in [0.15, 0.2) is 5.65 Å². The first-order valence-electron chi connectivity index (χ1n) is 11.1. The summed E-state index contributed by atoms with van der Waals surface area (Å²) in [7, 11) is 1.87. The fourth-order valence-corrected chi connectivity index (χ4v) is 4.98. The molecule has 5 rings (SSSR count). The van der Waals surface area contributed by atoms with E-state index in [2.05, 4.69) is 31.1 Å². The molecular weight excluding hydrogens is 500 g/mol. The van der Waals surface area contributed by atoms with Crippen LogP contribution in [0.4, 0.5) is 5.82 Å². The number of nitrogen functional groups attached to an aromatic ring is 1. The van der Waals surface area contributed by atoms with Crippen molar-refractivity contribution in [3.05, 3.63) is 47.1 Å². The first-order valence-corrected chi connectivity index (χ1v) is 11.9. The number of halogens is 1. The fourth-order valence-electron chi connectivity index (χ4n) is 4.40. The molecule has 1 saturated heterocycles. The van der Waals surface area contributed by atoms with Crippen molar-refractivity contribution in [2.45, 2.75) is 31.8 Å². The second kappa shape index (κ2) is 8.80. The lowest BCUT2D eigenvalue weighted by atomic mass is 9.93. The lowest BCUT2D eigenvalue weighted by Crippen LogP contribution is -2.42. The number of nitrogens with two attached hydrogens (primary N) is 1. The van der Waals surface area contributed by atoms with Crippen LogP contribution in [0.25, 0.3) is 28.0 Å². The summed E-state index contributed by atoms with van der Waals surface area (Å²) in [5.41, 5.74) is 11.5. The highest BCUT2D eigenvalue weighted by Crippen LogP contribution is 2.37. The zero-order valence-electron chi connectivity index (χ0n) is 18.9. The first kappa shape index (κ1) is 22.5. The quantitative estimate of drug-likeness (QED) is 0.419. The molecule has 0 saturated carbocycles. The van der Waals surface area contributed by atoms with Gasteiger partial charge < -0.3 is 15.7 Å². The van der Waals surface area contributed by atoms with Gasteiger partial charge in [0.05, 0.1) is 28.3 Å². The molecule has 1 aliphatic rings. The van der Waals surface area contributed by atoms with Gasteiger partial charge in [0.1, 0.15) is 11.9 Å². The highest BCUT2D eigenvalue weighted by atomic mass is 79.9. The standard InChI is InChI=1S/C23H25BrN8O2/c1-13(33)23(34)31-7-5-14(6-8-31)20-19(24)21(25)32-22(29-20)17(11-28-32)15-3-4-18(26-9-15)16-10-27-30(2)12-16/h3-4,9-14,33H,5-8,25H2,1-2H3. The number of aliphatic hydroxyl groups excluding tert-OH is 1. The molecule has 34 heavy (non-hydrogen) atoms. The molecule has 4 aromatic rings. The number of aromatic nitrogens is 6. The van der Waals surface area contributed by atoms with Crippen LogP contribution in [-0.2, 0) is 11.8 Å². The Balaban J connectivity index is 1.46. The molecule has 1 atom stereocenters. The van der Waals surface area contributed by atoms with E-state index in [4.69, 9.17) is 10.7 Å². The van der Waals surface area contributed by atoms with Crippen LogP contribution < -0.4 is 5.73 Å². The summed E-state index contributed by atoms with van der Waals surface area (Å²) < 4.78 is 4.09. The second-order valence-corrected chi connectivity index (χ2v) is 9.39. The summed E-state index contributed by atoms with van der Waals surface area (Å²) in [6.07, 6.45) is 7.75. The number of likely N-dealkylation sites (tertiary alicyclic amines) is 1. The van der Waals surface area contributed by atoms with E-state index in [1.807, 2.05) is 25.4 Å². The highest BCUT2D eigenvalue weighted by molar-refractivity contribution is 9.10. The first-order chi connectivity index (χ1) is 16.3. The summed E-state index contributed by atoms with van der Waals surface area (Å²) in [6.45, 7) is 2.64. The van der Waals surface area contributed by atoms with Crippen molar-refractivity contribution >= 4 is 33.3 Å². The number of pyridine rings is 1. The van der Waals surface area contributed by atoms with Crippen LogP contribution in [0.2, 0.25) is 0 Å². The van der Waals surface area contributed by atoms with Gasteiger partial charge in [0.25, 0.3) is 5.91 Å². The third-order valence-electron chi connectivity index (χ3n) is 6.27. The lowest BCUT2D eigenvalue weighted by molar-refractivity contribution is -0.140. The van der Waals surface area contributed by atoms with Crippen LogP contribution in [0.3, 0.4) is 0 Å². The number of anilines is 1. The number of hydrogen-bond acceptors (Lipinski definition) is 7. The van der Waals surface area contributed by atoms with Gasteiger partial charge in [-0.2, -0.15) is 14.7 Å². The van der Waals surface area contributed by atoms with E-state index < -0.39 is 6.10 Å². The molecule has 176 valence electrons. The van der Waals surface area contributed by atoms with Crippen LogP contribution >= 0.6 is 15.9 Å². The Morgan fingerprint density at radius 1 is 1.18 bits per heavy atom. The molecule has 5 heterocycles. The van der Waals surface area contributed by atoms with E-state index in [-0.39, 0.29) is 11.8 Å². The third-order valence-corrected chi connectivity index (χ3v) is 7.09. The lowest BCUT2D eigenvalue weighted by Gasteiger charge is -2.33. The Hall–Kier alpha value is -3.31. The second-order valence-electron chi connectivity index (χ2n) is 8.60. The number of nitrogens with zero attached hydrogens (tertiary/aromatic N) is 7. The van der Waals surface area contributed by atoms with Crippen molar-refractivity contribution < 1.29 is 9.90 Å². The summed E-state index contributed by atoms with van der Waals surface area (Å²) in [6, 6.07) is 3.94. The Kier molecular flexibility index (Phi) is 5.82. The topological polar surface area (TPSA) is 127 Å². The number of hydrogen-bond donors (Lipinski definition) is 2. The van der Waals surface area contributed by atoms with Crippen LogP contribution in [0.5, 0.6) is 0 Å².